The second-order valence-corrected chi connectivity index (χ2v) is 3.36. The molecule has 0 N–H and O–H groups in total. The number of methoxy groups -OCH3 is 1. The van der Waals surface area contributed by atoms with Gasteiger partial charge in [-0.3, -0.25) is 14.9 Å². The van der Waals surface area contributed by atoms with Gasteiger partial charge < -0.3 is 9.30 Å². The third-order valence-electron chi connectivity index (χ3n) is 2.15. The predicted octanol–water partition coefficient (Wildman–Crippen LogP) is 0.953. The normalized spacial score (nSPS) is 10.0. The number of hydrogen-bond donors (Lipinski definition) is 0. The summed E-state index contributed by atoms with van der Waals surface area (Å²) < 4.78 is 5.61. The Labute approximate surface area is 96.8 Å². The van der Waals surface area contributed by atoms with Crippen LogP contribution in [0.15, 0.2) is 17.1 Å². The van der Waals surface area contributed by atoms with Gasteiger partial charge in [0.1, 0.15) is 0 Å². The van der Waals surface area contributed by atoms with Crippen LogP contribution in [0.5, 0.6) is 0 Å². The van der Waals surface area contributed by atoms with Crippen molar-refractivity contribution >= 4 is 11.7 Å². The summed E-state index contributed by atoms with van der Waals surface area (Å²) in [5.74, 6) is -0.710. The highest BCUT2D eigenvalue weighted by Crippen LogP contribution is 2.09. The molecule has 0 bridgehead atoms. The van der Waals surface area contributed by atoms with Crippen LogP contribution in [0.2, 0.25) is 0 Å². The predicted molar refractivity (Wildman–Crippen MR) is 59.0 cm³/mol. The Kier molecular flexibility index (Phi) is 3.97. The van der Waals surface area contributed by atoms with Gasteiger partial charge in [0.15, 0.2) is 0 Å². The molecule has 0 amide bonds. The molecule has 92 valence electrons. The molecular formula is C10H12N2O5. The highest BCUT2D eigenvalue weighted by Gasteiger charge is 2.19. The minimum absolute atomic E-state index is 0.00718. The van der Waals surface area contributed by atoms with E-state index < -0.39 is 22.1 Å². The molecule has 0 aliphatic carbocycles. The molecule has 1 rings (SSSR count). The Hall–Kier alpha value is -2.18. The van der Waals surface area contributed by atoms with Gasteiger partial charge in [0, 0.05) is 18.8 Å². The van der Waals surface area contributed by atoms with E-state index in [2.05, 4.69) is 4.74 Å². The summed E-state index contributed by atoms with van der Waals surface area (Å²) in [7, 11) is 1.17. The van der Waals surface area contributed by atoms with Gasteiger partial charge in [0.2, 0.25) is 0 Å². The van der Waals surface area contributed by atoms with Crippen molar-refractivity contribution in [3.8, 4) is 0 Å². The number of rotatable bonds is 4. The molecule has 0 radical (unpaired) electrons. The first-order chi connectivity index (χ1) is 8.01. The molecule has 0 unspecified atom stereocenters. The van der Waals surface area contributed by atoms with Crippen LogP contribution in [-0.2, 0) is 11.3 Å². The number of aromatic nitrogens is 1. The lowest BCUT2D eigenvalue weighted by Gasteiger charge is -2.06. The van der Waals surface area contributed by atoms with E-state index in [4.69, 9.17) is 0 Å². The highest BCUT2D eigenvalue weighted by atomic mass is 16.6. The van der Waals surface area contributed by atoms with Crippen molar-refractivity contribution in [1.29, 1.82) is 0 Å². The Morgan fingerprint density at radius 2 is 2.24 bits per heavy atom. The zero-order chi connectivity index (χ0) is 13.0. The molecule has 0 aliphatic rings. The lowest BCUT2D eigenvalue weighted by Crippen LogP contribution is -2.24. The minimum Gasteiger partial charge on any atom is -0.465 e. The molecule has 7 nitrogen and oxygen atoms in total. The summed E-state index contributed by atoms with van der Waals surface area (Å²) in [6.45, 7) is 2.13. The molecule has 0 aromatic carbocycles. The summed E-state index contributed by atoms with van der Waals surface area (Å²) in [6.07, 6.45) is 1.90. The van der Waals surface area contributed by atoms with Crippen LogP contribution < -0.4 is 5.56 Å². The highest BCUT2D eigenvalue weighted by molar-refractivity contribution is 5.89. The van der Waals surface area contributed by atoms with Gasteiger partial charge in [-0.25, -0.2) is 4.79 Å². The maximum absolute atomic E-state index is 11.6. The molecule has 1 aromatic heterocycles. The average molecular weight is 240 g/mol. The Bertz CT molecular complexity index is 506. The van der Waals surface area contributed by atoms with Crippen LogP contribution in [0.1, 0.15) is 23.7 Å². The molecule has 1 heterocycles. The maximum Gasteiger partial charge on any atom is 0.339 e. The van der Waals surface area contributed by atoms with Gasteiger partial charge in [-0.1, -0.05) is 6.92 Å². The van der Waals surface area contributed by atoms with E-state index >= 15 is 0 Å². The van der Waals surface area contributed by atoms with Gasteiger partial charge in [-0.2, -0.15) is 0 Å². The number of carbonyl (C=O) groups is 1. The third kappa shape index (κ3) is 2.68. The van der Waals surface area contributed by atoms with E-state index in [-0.39, 0.29) is 5.56 Å². The topological polar surface area (TPSA) is 91.4 Å². The monoisotopic (exact) mass is 240 g/mol. The quantitative estimate of drug-likeness (QED) is 0.444. The molecular weight excluding hydrogens is 228 g/mol. The molecule has 0 aliphatic heterocycles. The van der Waals surface area contributed by atoms with E-state index in [9.17, 15) is 19.7 Å². The van der Waals surface area contributed by atoms with E-state index in [1.807, 2.05) is 6.92 Å². The largest absolute Gasteiger partial charge is 0.465 e. The molecule has 0 spiro atoms. The first kappa shape index (κ1) is 12.9. The molecule has 0 atom stereocenters. The van der Waals surface area contributed by atoms with Crippen molar-refractivity contribution in [3.05, 3.63) is 38.3 Å². The van der Waals surface area contributed by atoms with Gasteiger partial charge in [-0.15, -0.1) is 0 Å². The van der Waals surface area contributed by atoms with Crippen molar-refractivity contribution in [2.45, 2.75) is 19.9 Å². The Morgan fingerprint density at radius 1 is 1.59 bits per heavy atom. The summed E-state index contributed by atoms with van der Waals surface area (Å²) in [5.41, 5.74) is -1.35. The Morgan fingerprint density at radius 3 is 2.71 bits per heavy atom. The van der Waals surface area contributed by atoms with Gasteiger partial charge in [-0.05, 0) is 6.42 Å². The van der Waals surface area contributed by atoms with Crippen molar-refractivity contribution in [3.63, 3.8) is 0 Å². The Balaban J connectivity index is 3.41. The number of nitro groups is 1. The summed E-state index contributed by atoms with van der Waals surface area (Å²) in [4.78, 5) is 32.8. The van der Waals surface area contributed by atoms with Gasteiger partial charge in [0.25, 0.3) is 0 Å². The van der Waals surface area contributed by atoms with Crippen LogP contribution in [0.25, 0.3) is 0 Å². The third-order valence-corrected chi connectivity index (χ3v) is 2.15. The zero-order valence-electron chi connectivity index (χ0n) is 9.50. The van der Waals surface area contributed by atoms with E-state index in [0.717, 1.165) is 10.6 Å². The second-order valence-electron chi connectivity index (χ2n) is 3.36. The smallest absolute Gasteiger partial charge is 0.339 e. The summed E-state index contributed by atoms with van der Waals surface area (Å²) in [6, 6.07) is 0.931. The fraction of sp³-hybridized carbons (Fsp3) is 0.400. The first-order valence-corrected chi connectivity index (χ1v) is 4.98. The fourth-order valence-electron chi connectivity index (χ4n) is 1.39. The number of hydrogen-bond acceptors (Lipinski definition) is 5. The molecule has 0 saturated heterocycles. The number of esters is 1. The molecule has 1 aromatic rings. The SMILES string of the molecule is CCCn1cc(C(=O)OC)cc([N+](=O)[O-])c1=O. The van der Waals surface area contributed by atoms with Crippen LogP contribution >= 0.6 is 0 Å². The first-order valence-electron chi connectivity index (χ1n) is 4.98. The second kappa shape index (κ2) is 5.24. The van der Waals surface area contributed by atoms with Gasteiger partial charge in [0.05, 0.1) is 17.6 Å². The lowest BCUT2D eigenvalue weighted by molar-refractivity contribution is -0.386. The molecule has 0 saturated carbocycles. The number of pyridine rings is 1. The average Bonchev–Trinajstić information content (AvgIpc) is 2.30. The number of ether oxygens (including phenoxy) is 1. The van der Waals surface area contributed by atoms with Crippen LogP contribution in [0.3, 0.4) is 0 Å². The fourth-order valence-corrected chi connectivity index (χ4v) is 1.39. The van der Waals surface area contributed by atoms with Crippen LogP contribution in [0, 0.1) is 10.1 Å². The van der Waals surface area contributed by atoms with E-state index in [1.165, 1.54) is 13.3 Å². The number of nitrogens with zero attached hydrogens (tertiary/aromatic N) is 2. The molecule has 17 heavy (non-hydrogen) atoms. The lowest BCUT2D eigenvalue weighted by atomic mass is 10.2. The standard InChI is InChI=1S/C10H12N2O5/c1-3-4-11-6-7(10(14)17-2)5-8(9(11)13)12(15)16/h5-6H,3-4H2,1-2H3. The maximum atomic E-state index is 11.6. The van der Waals surface area contributed by atoms with Crippen molar-refractivity contribution < 1.29 is 14.5 Å². The molecule has 7 heteroatoms. The summed E-state index contributed by atoms with van der Waals surface area (Å²) in [5, 5.41) is 10.7. The number of aryl methyl sites for hydroxylation is 1. The van der Waals surface area contributed by atoms with Crippen LogP contribution in [-0.4, -0.2) is 22.6 Å². The molecule has 0 fully saturated rings. The summed E-state index contributed by atoms with van der Waals surface area (Å²) >= 11 is 0. The zero-order valence-corrected chi connectivity index (χ0v) is 9.50. The minimum atomic E-state index is -0.805. The van der Waals surface area contributed by atoms with Crippen molar-refractivity contribution in [2.24, 2.45) is 0 Å². The van der Waals surface area contributed by atoms with Crippen molar-refractivity contribution in [1.82, 2.24) is 4.57 Å². The van der Waals surface area contributed by atoms with Gasteiger partial charge >= 0.3 is 17.2 Å². The van der Waals surface area contributed by atoms with Crippen LogP contribution in [0.4, 0.5) is 5.69 Å². The van der Waals surface area contributed by atoms with E-state index in [1.54, 1.807) is 0 Å². The van der Waals surface area contributed by atoms with E-state index in [0.29, 0.717) is 13.0 Å². The number of carbonyl (C=O) groups excluding carboxylic acids is 1. The van der Waals surface area contributed by atoms with Crippen molar-refractivity contribution in [2.75, 3.05) is 7.11 Å².